The van der Waals surface area contributed by atoms with Crippen LogP contribution in [0.2, 0.25) is 0 Å². The first kappa shape index (κ1) is 16.2. The summed E-state index contributed by atoms with van der Waals surface area (Å²) in [6.45, 7) is 4.38. The van der Waals surface area contributed by atoms with E-state index in [2.05, 4.69) is 24.1 Å². The van der Waals surface area contributed by atoms with Gasteiger partial charge in [-0.2, -0.15) is 0 Å². The number of aromatic nitrogens is 1. The normalized spacial score (nSPS) is 20.4. The average Bonchev–Trinajstić information content (AvgIpc) is 2.61. The molecular formula is C20H22N2O2. The maximum Gasteiger partial charge on any atom is 0.410 e. The van der Waals surface area contributed by atoms with E-state index >= 15 is 0 Å². The highest BCUT2D eigenvalue weighted by molar-refractivity contribution is 5.73. The van der Waals surface area contributed by atoms with Crippen molar-refractivity contribution in [1.29, 1.82) is 0 Å². The molecule has 0 fully saturated rings. The maximum absolute atomic E-state index is 12.5. The lowest BCUT2D eigenvalue weighted by Crippen LogP contribution is -2.46. The highest BCUT2D eigenvalue weighted by atomic mass is 16.6. The van der Waals surface area contributed by atoms with Crippen molar-refractivity contribution in [3.8, 4) is 0 Å². The Balaban J connectivity index is 1.68. The second kappa shape index (κ2) is 7.30. The second-order valence-corrected chi connectivity index (χ2v) is 6.17. The van der Waals surface area contributed by atoms with Crippen LogP contribution in [0.4, 0.5) is 4.79 Å². The van der Waals surface area contributed by atoms with Crippen LogP contribution in [-0.4, -0.2) is 28.1 Å². The van der Waals surface area contributed by atoms with Gasteiger partial charge in [-0.3, -0.25) is 9.88 Å². The Bertz CT molecular complexity index is 713. The first-order valence-corrected chi connectivity index (χ1v) is 8.25. The number of rotatable bonds is 3. The van der Waals surface area contributed by atoms with Crippen LogP contribution in [0.3, 0.4) is 0 Å². The molecule has 1 aliphatic rings. The fourth-order valence-corrected chi connectivity index (χ4v) is 3.16. The van der Waals surface area contributed by atoms with Crippen molar-refractivity contribution >= 4 is 11.7 Å². The number of ether oxygens (including phenoxy) is 1. The number of nitrogens with zero attached hydrogens (tertiary/aromatic N) is 2. The fraction of sp³-hybridized carbons (Fsp3) is 0.300. The maximum atomic E-state index is 12.5. The lowest BCUT2D eigenvalue weighted by atomic mass is 9.93. The van der Waals surface area contributed by atoms with Crippen molar-refractivity contribution in [2.45, 2.75) is 39.0 Å². The van der Waals surface area contributed by atoms with Crippen LogP contribution in [0.5, 0.6) is 0 Å². The Kier molecular flexibility index (Phi) is 4.94. The zero-order chi connectivity index (χ0) is 16.9. The van der Waals surface area contributed by atoms with Crippen LogP contribution in [0.25, 0.3) is 5.57 Å². The summed E-state index contributed by atoms with van der Waals surface area (Å²) < 4.78 is 5.49. The van der Waals surface area contributed by atoms with Crippen LogP contribution in [0.15, 0.2) is 60.9 Å². The predicted molar refractivity (Wildman–Crippen MR) is 94.2 cm³/mol. The summed E-state index contributed by atoms with van der Waals surface area (Å²) >= 11 is 0. The Morgan fingerprint density at radius 3 is 2.67 bits per heavy atom. The highest BCUT2D eigenvalue weighted by Gasteiger charge is 2.30. The summed E-state index contributed by atoms with van der Waals surface area (Å²) in [7, 11) is 0. The highest BCUT2D eigenvalue weighted by Crippen LogP contribution is 2.29. The molecule has 1 aliphatic heterocycles. The second-order valence-electron chi connectivity index (χ2n) is 6.17. The first-order chi connectivity index (χ1) is 11.6. The van der Waals surface area contributed by atoms with Crippen molar-refractivity contribution in [2.24, 2.45) is 0 Å². The number of hydrogen-bond acceptors (Lipinski definition) is 3. The van der Waals surface area contributed by atoms with Crippen LogP contribution in [0, 0.1) is 0 Å². The third kappa shape index (κ3) is 3.65. The molecule has 2 heterocycles. The lowest BCUT2D eigenvalue weighted by Gasteiger charge is -2.37. The number of benzene rings is 1. The molecule has 0 N–H and O–H groups in total. The monoisotopic (exact) mass is 322 g/mol. The minimum absolute atomic E-state index is 0.00719. The van der Waals surface area contributed by atoms with Gasteiger partial charge in [-0.25, -0.2) is 4.79 Å². The minimum atomic E-state index is -0.264. The van der Waals surface area contributed by atoms with Crippen molar-refractivity contribution < 1.29 is 9.53 Å². The molecule has 3 rings (SSSR count). The molecule has 0 aliphatic carbocycles. The standard InChI is InChI=1S/C20H22N2O2/c1-15-11-19(18-9-6-10-21-13-18)12-16(2)22(15)20(23)24-14-17-7-4-3-5-8-17/h3-11,13,15-16H,12,14H2,1-2H3. The number of amides is 1. The Hall–Kier alpha value is -2.62. The summed E-state index contributed by atoms with van der Waals surface area (Å²) in [6.07, 6.45) is 6.30. The summed E-state index contributed by atoms with van der Waals surface area (Å²) in [4.78, 5) is 18.5. The molecule has 1 aromatic carbocycles. The predicted octanol–water partition coefficient (Wildman–Crippen LogP) is 4.28. The molecular weight excluding hydrogens is 300 g/mol. The molecule has 4 heteroatoms. The van der Waals surface area contributed by atoms with Gasteiger partial charge in [0.2, 0.25) is 0 Å². The molecule has 0 bridgehead atoms. The van der Waals surface area contributed by atoms with E-state index < -0.39 is 0 Å². The number of carbonyl (C=O) groups is 1. The SMILES string of the molecule is CC1C=C(c2cccnc2)CC(C)N1C(=O)OCc1ccccc1. The van der Waals surface area contributed by atoms with Gasteiger partial charge in [0.1, 0.15) is 6.61 Å². The molecule has 1 amide bonds. The number of hydrogen-bond donors (Lipinski definition) is 0. The van der Waals surface area contributed by atoms with E-state index in [9.17, 15) is 4.79 Å². The van der Waals surface area contributed by atoms with Gasteiger partial charge >= 0.3 is 6.09 Å². The summed E-state index contributed by atoms with van der Waals surface area (Å²) in [5, 5.41) is 0. The van der Waals surface area contributed by atoms with Gasteiger partial charge in [-0.05, 0) is 43.0 Å². The van der Waals surface area contributed by atoms with Gasteiger partial charge in [0.05, 0.1) is 6.04 Å². The zero-order valence-electron chi connectivity index (χ0n) is 14.1. The van der Waals surface area contributed by atoms with Crippen molar-refractivity contribution in [3.63, 3.8) is 0 Å². The molecule has 4 nitrogen and oxygen atoms in total. The third-order valence-corrected chi connectivity index (χ3v) is 4.32. The van der Waals surface area contributed by atoms with E-state index in [0.717, 1.165) is 17.5 Å². The van der Waals surface area contributed by atoms with Crippen molar-refractivity contribution in [2.75, 3.05) is 0 Å². The third-order valence-electron chi connectivity index (χ3n) is 4.32. The molecule has 1 aromatic heterocycles. The largest absolute Gasteiger partial charge is 0.445 e. The van der Waals surface area contributed by atoms with E-state index in [4.69, 9.17) is 4.74 Å². The average molecular weight is 322 g/mol. The van der Waals surface area contributed by atoms with E-state index in [0.29, 0.717) is 6.61 Å². The van der Waals surface area contributed by atoms with Crippen molar-refractivity contribution in [3.05, 3.63) is 72.1 Å². The van der Waals surface area contributed by atoms with Crippen molar-refractivity contribution in [1.82, 2.24) is 9.88 Å². The Morgan fingerprint density at radius 1 is 1.21 bits per heavy atom. The first-order valence-electron chi connectivity index (χ1n) is 8.25. The lowest BCUT2D eigenvalue weighted by molar-refractivity contribution is 0.0738. The number of pyridine rings is 1. The summed E-state index contributed by atoms with van der Waals surface area (Å²) in [5.74, 6) is 0. The molecule has 0 saturated carbocycles. The minimum Gasteiger partial charge on any atom is -0.445 e. The molecule has 24 heavy (non-hydrogen) atoms. The summed E-state index contributed by atoms with van der Waals surface area (Å²) in [5.41, 5.74) is 3.35. The van der Waals surface area contributed by atoms with Gasteiger partial charge < -0.3 is 4.74 Å². The van der Waals surface area contributed by atoms with Crippen LogP contribution in [0.1, 0.15) is 31.4 Å². The van der Waals surface area contributed by atoms with Gasteiger partial charge in [0, 0.05) is 18.4 Å². The summed E-state index contributed by atoms with van der Waals surface area (Å²) in [6, 6.07) is 13.8. The molecule has 0 spiro atoms. The molecule has 2 atom stereocenters. The molecule has 0 radical (unpaired) electrons. The molecule has 2 unspecified atom stereocenters. The topological polar surface area (TPSA) is 42.4 Å². The van der Waals surface area contributed by atoms with Crippen LogP contribution in [-0.2, 0) is 11.3 Å². The van der Waals surface area contributed by atoms with Crippen LogP contribution >= 0.6 is 0 Å². The van der Waals surface area contributed by atoms with E-state index in [1.54, 1.807) is 6.20 Å². The van der Waals surface area contributed by atoms with Gasteiger partial charge in [-0.15, -0.1) is 0 Å². The van der Waals surface area contributed by atoms with Gasteiger partial charge in [0.15, 0.2) is 0 Å². The number of carbonyl (C=O) groups excluding carboxylic acids is 1. The van der Waals surface area contributed by atoms with Gasteiger partial charge in [-0.1, -0.05) is 42.5 Å². The molecule has 124 valence electrons. The van der Waals surface area contributed by atoms with E-state index in [1.165, 1.54) is 5.57 Å². The van der Waals surface area contributed by atoms with E-state index in [-0.39, 0.29) is 18.2 Å². The molecule has 0 saturated heterocycles. The Morgan fingerprint density at radius 2 is 2.00 bits per heavy atom. The Labute approximate surface area is 142 Å². The van der Waals surface area contributed by atoms with Crippen LogP contribution < -0.4 is 0 Å². The molecule has 2 aromatic rings. The smallest absolute Gasteiger partial charge is 0.410 e. The van der Waals surface area contributed by atoms with Gasteiger partial charge in [0.25, 0.3) is 0 Å². The van der Waals surface area contributed by atoms with E-state index in [1.807, 2.05) is 54.4 Å². The zero-order valence-corrected chi connectivity index (χ0v) is 14.1. The quantitative estimate of drug-likeness (QED) is 0.847. The fourth-order valence-electron chi connectivity index (χ4n) is 3.16.